The Morgan fingerprint density at radius 2 is 2.16 bits per heavy atom. The maximum Gasteiger partial charge on any atom is 0.252 e. The fraction of sp³-hybridized carbons (Fsp3) is 0.538. The maximum atomic E-state index is 12.1. The van der Waals surface area contributed by atoms with Crippen LogP contribution in [0.25, 0.3) is 0 Å². The van der Waals surface area contributed by atoms with Gasteiger partial charge in [-0.1, -0.05) is 12.2 Å². The van der Waals surface area contributed by atoms with Crippen LogP contribution in [-0.4, -0.2) is 53.4 Å². The molecule has 1 unspecified atom stereocenters. The molecular weight excluding hydrogens is 282 g/mol. The molecule has 0 rings (SSSR count). The van der Waals surface area contributed by atoms with Crippen LogP contribution >= 0.6 is 23.8 Å². The summed E-state index contributed by atoms with van der Waals surface area (Å²) in [4.78, 5) is 15.4. The molecule has 0 fully saturated rings. The monoisotopic (exact) mass is 303 g/mol. The molecular formula is C13H22ClN3OS. The van der Waals surface area contributed by atoms with Gasteiger partial charge in [-0.2, -0.15) is 0 Å². The Kier molecular flexibility index (Phi) is 9.47. The van der Waals surface area contributed by atoms with Gasteiger partial charge >= 0.3 is 0 Å². The third kappa shape index (κ3) is 7.30. The number of hydrogen-bond donors (Lipinski definition) is 1. The number of carbonyl (C=O) groups excluding carboxylic acids is 1. The Bertz CT molecular complexity index is 356. The van der Waals surface area contributed by atoms with E-state index in [1.807, 2.05) is 33.3 Å². The third-order valence-corrected chi connectivity index (χ3v) is 2.91. The van der Waals surface area contributed by atoms with Crippen molar-refractivity contribution in [1.29, 1.82) is 0 Å². The summed E-state index contributed by atoms with van der Waals surface area (Å²) in [5, 5.41) is 3.28. The van der Waals surface area contributed by atoms with Crippen molar-refractivity contribution >= 4 is 34.8 Å². The molecule has 0 radical (unpaired) electrons. The van der Waals surface area contributed by atoms with Crippen molar-refractivity contribution in [3.05, 3.63) is 24.4 Å². The average Bonchev–Trinajstić information content (AvgIpc) is 2.36. The van der Waals surface area contributed by atoms with Gasteiger partial charge in [-0.25, -0.2) is 0 Å². The van der Waals surface area contributed by atoms with Gasteiger partial charge in [0.15, 0.2) is 5.11 Å². The normalized spacial score (nSPS) is 12.9. The van der Waals surface area contributed by atoms with Crippen LogP contribution in [0.1, 0.15) is 13.8 Å². The van der Waals surface area contributed by atoms with Gasteiger partial charge in [-0.05, 0) is 33.1 Å². The van der Waals surface area contributed by atoms with E-state index in [0.29, 0.717) is 18.2 Å². The molecule has 1 N–H and O–H groups in total. The predicted molar refractivity (Wildman–Crippen MR) is 85.3 cm³/mol. The second-order valence-corrected chi connectivity index (χ2v) is 5.06. The number of carbonyl (C=O) groups is 1. The highest BCUT2D eigenvalue weighted by atomic mass is 35.5. The summed E-state index contributed by atoms with van der Waals surface area (Å²) in [6.07, 6.45) is 6.79. The summed E-state index contributed by atoms with van der Waals surface area (Å²) in [5.74, 6) is -0.163. The number of likely N-dealkylation sites (N-methyl/N-ethyl adjacent to an activating group) is 1. The Morgan fingerprint density at radius 3 is 2.63 bits per heavy atom. The van der Waals surface area contributed by atoms with E-state index in [0.717, 1.165) is 0 Å². The quantitative estimate of drug-likeness (QED) is 0.462. The summed E-state index contributed by atoms with van der Waals surface area (Å²) >= 11 is 11.1. The number of rotatable bonds is 6. The van der Waals surface area contributed by atoms with Crippen LogP contribution in [-0.2, 0) is 4.79 Å². The third-order valence-electron chi connectivity index (χ3n) is 2.26. The van der Waals surface area contributed by atoms with Crippen molar-refractivity contribution in [3.63, 3.8) is 0 Å². The van der Waals surface area contributed by atoms with Crippen LogP contribution in [0.2, 0.25) is 0 Å². The molecule has 0 heterocycles. The largest absolute Gasteiger partial charge is 0.329 e. The average molecular weight is 304 g/mol. The molecule has 0 aromatic heterocycles. The molecule has 19 heavy (non-hydrogen) atoms. The van der Waals surface area contributed by atoms with Gasteiger partial charge in [0.05, 0.1) is 0 Å². The highest BCUT2D eigenvalue weighted by Gasteiger charge is 2.17. The molecule has 4 nitrogen and oxygen atoms in total. The van der Waals surface area contributed by atoms with E-state index in [-0.39, 0.29) is 11.3 Å². The van der Waals surface area contributed by atoms with Crippen molar-refractivity contribution in [2.45, 2.75) is 19.2 Å². The van der Waals surface area contributed by atoms with Crippen LogP contribution in [0.3, 0.4) is 0 Å². The second-order valence-electron chi connectivity index (χ2n) is 4.01. The number of thiocarbonyl (C=S) groups is 1. The highest BCUT2D eigenvalue weighted by molar-refractivity contribution is 7.80. The van der Waals surface area contributed by atoms with E-state index in [4.69, 9.17) is 23.8 Å². The number of hydrogen-bond acceptors (Lipinski definition) is 3. The van der Waals surface area contributed by atoms with Gasteiger partial charge in [0.1, 0.15) is 0 Å². The maximum absolute atomic E-state index is 12.1. The lowest BCUT2D eigenvalue weighted by molar-refractivity contribution is -0.122. The molecule has 0 aliphatic heterocycles. The molecule has 0 aromatic carbocycles. The van der Waals surface area contributed by atoms with Gasteiger partial charge in [-0.15, -0.1) is 11.6 Å². The summed E-state index contributed by atoms with van der Waals surface area (Å²) in [5.41, 5.74) is 0. The number of alkyl halides is 1. The molecule has 1 amide bonds. The van der Waals surface area contributed by atoms with Crippen LogP contribution in [0.15, 0.2) is 24.4 Å². The highest BCUT2D eigenvalue weighted by Crippen LogP contribution is 2.02. The minimum absolute atomic E-state index is 0.163. The predicted octanol–water partition coefficient (Wildman–Crippen LogP) is 1.97. The van der Waals surface area contributed by atoms with Gasteiger partial charge in [0.2, 0.25) is 0 Å². The van der Waals surface area contributed by atoms with E-state index < -0.39 is 0 Å². The molecule has 6 heteroatoms. The van der Waals surface area contributed by atoms with Crippen molar-refractivity contribution in [2.24, 2.45) is 0 Å². The molecule has 1 atom stereocenters. The van der Waals surface area contributed by atoms with Gasteiger partial charge in [0.25, 0.3) is 5.91 Å². The minimum atomic E-state index is -0.183. The van der Waals surface area contributed by atoms with Crippen LogP contribution < -0.4 is 5.32 Å². The second kappa shape index (κ2) is 9.95. The molecule has 0 saturated heterocycles. The Balaban J connectivity index is 4.88. The number of nitrogens with one attached hydrogen (secondary N) is 1. The van der Waals surface area contributed by atoms with E-state index in [9.17, 15) is 4.79 Å². The molecule has 108 valence electrons. The SMILES string of the molecule is CC=CN(C)C(=S)N(CCNC)C(=O)C=CC(C)Cl. The van der Waals surface area contributed by atoms with Crippen molar-refractivity contribution in [1.82, 2.24) is 15.1 Å². The first-order valence-corrected chi connectivity index (χ1v) is 6.96. The topological polar surface area (TPSA) is 35.6 Å². The smallest absolute Gasteiger partial charge is 0.252 e. The Morgan fingerprint density at radius 1 is 1.53 bits per heavy atom. The summed E-state index contributed by atoms with van der Waals surface area (Å²) < 4.78 is 0. The lowest BCUT2D eigenvalue weighted by Gasteiger charge is -2.27. The first-order valence-electron chi connectivity index (χ1n) is 6.12. The van der Waals surface area contributed by atoms with Gasteiger partial charge in [0, 0.05) is 37.8 Å². The summed E-state index contributed by atoms with van der Waals surface area (Å²) in [6.45, 7) is 4.87. The van der Waals surface area contributed by atoms with Crippen molar-refractivity contribution in [3.8, 4) is 0 Å². The fourth-order valence-electron chi connectivity index (χ4n) is 1.31. The van der Waals surface area contributed by atoms with Crippen molar-refractivity contribution < 1.29 is 4.79 Å². The van der Waals surface area contributed by atoms with E-state index in [1.54, 1.807) is 22.8 Å². The van der Waals surface area contributed by atoms with E-state index in [2.05, 4.69) is 5.32 Å². The Labute approximate surface area is 126 Å². The number of halogens is 1. The van der Waals surface area contributed by atoms with E-state index in [1.165, 1.54) is 6.08 Å². The zero-order chi connectivity index (χ0) is 14.8. The minimum Gasteiger partial charge on any atom is -0.329 e. The number of amides is 1. The summed E-state index contributed by atoms with van der Waals surface area (Å²) in [6, 6.07) is 0. The zero-order valence-corrected chi connectivity index (χ0v) is 13.5. The molecule has 0 bridgehead atoms. The summed E-state index contributed by atoms with van der Waals surface area (Å²) in [7, 11) is 3.65. The lowest BCUT2D eigenvalue weighted by Crippen LogP contribution is -2.44. The molecule has 0 saturated carbocycles. The first kappa shape index (κ1) is 18.1. The van der Waals surface area contributed by atoms with Gasteiger partial charge in [-0.3, -0.25) is 9.69 Å². The standard InChI is InChI=1S/C13H22ClN3OS/c1-5-9-16(4)13(19)17(10-8-15-3)12(18)7-6-11(2)14/h5-7,9,11,15H,8,10H2,1-4H3. The van der Waals surface area contributed by atoms with Crippen molar-refractivity contribution in [2.75, 3.05) is 27.2 Å². The Hall–Kier alpha value is -0.910. The number of allylic oxidation sites excluding steroid dienone is 2. The molecule has 0 aliphatic carbocycles. The van der Waals surface area contributed by atoms with Gasteiger partial charge < -0.3 is 10.2 Å². The first-order chi connectivity index (χ1) is 8.93. The molecule has 0 spiro atoms. The molecule has 0 aromatic rings. The van der Waals surface area contributed by atoms with E-state index >= 15 is 0 Å². The van der Waals surface area contributed by atoms with Crippen LogP contribution in [0, 0.1) is 0 Å². The zero-order valence-electron chi connectivity index (χ0n) is 11.9. The fourth-order valence-corrected chi connectivity index (χ4v) is 1.62. The number of nitrogens with zero attached hydrogens (tertiary/aromatic N) is 2. The molecule has 0 aliphatic rings. The van der Waals surface area contributed by atoms with Crippen LogP contribution in [0.4, 0.5) is 0 Å². The lowest BCUT2D eigenvalue weighted by atomic mass is 10.3. The van der Waals surface area contributed by atoms with Crippen LogP contribution in [0.5, 0.6) is 0 Å².